The predicted octanol–water partition coefficient (Wildman–Crippen LogP) is 3.44. The van der Waals surface area contributed by atoms with Crippen molar-refractivity contribution in [2.45, 2.75) is 13.5 Å². The fourth-order valence-corrected chi connectivity index (χ4v) is 2.58. The van der Waals surface area contributed by atoms with Crippen molar-refractivity contribution in [2.24, 2.45) is 0 Å². The van der Waals surface area contributed by atoms with Crippen LogP contribution in [0, 0.1) is 6.92 Å². The van der Waals surface area contributed by atoms with Crippen LogP contribution in [-0.2, 0) is 11.3 Å². The van der Waals surface area contributed by atoms with Crippen molar-refractivity contribution < 1.29 is 14.3 Å². The molecule has 0 unspecified atom stereocenters. The number of esters is 1. The van der Waals surface area contributed by atoms with Gasteiger partial charge in [0, 0.05) is 24.6 Å². The number of carbonyl (C=O) groups is 2. The summed E-state index contributed by atoms with van der Waals surface area (Å²) in [5.74, 6) is -0.401. The van der Waals surface area contributed by atoms with Crippen molar-refractivity contribution in [3.63, 3.8) is 0 Å². The van der Waals surface area contributed by atoms with E-state index < -0.39 is 5.97 Å². The van der Waals surface area contributed by atoms with Gasteiger partial charge in [-0.05, 0) is 30.7 Å². The molecule has 3 aromatic rings. The summed E-state index contributed by atoms with van der Waals surface area (Å²) in [6.45, 7) is 2.63. The van der Waals surface area contributed by atoms with Crippen molar-refractivity contribution in [1.29, 1.82) is 0 Å². The Morgan fingerprint density at radius 2 is 1.75 bits per heavy atom. The van der Waals surface area contributed by atoms with Crippen LogP contribution < -0.4 is 10.6 Å². The molecule has 0 aliphatic rings. The number of nitrogens with one attached hydrogen (secondary N) is 2. The van der Waals surface area contributed by atoms with Crippen molar-refractivity contribution in [1.82, 2.24) is 9.97 Å². The summed E-state index contributed by atoms with van der Waals surface area (Å²) in [5, 5.41) is 5.84. The average Bonchev–Trinajstić information content (AvgIpc) is 2.72. The standard InChI is InChI=1S/C21H20N4O3/c1-14-5-3-6-15(9-14)11-22-21-23-12-17(13-24-21)19(26)25-18-8-4-7-16(10-18)20(27)28-2/h3-10,12-13H,11H2,1-2H3,(H,25,26)(H,22,23,24). The van der Waals surface area contributed by atoms with E-state index in [4.69, 9.17) is 0 Å². The number of rotatable bonds is 6. The minimum Gasteiger partial charge on any atom is -0.465 e. The molecule has 0 atom stereocenters. The highest BCUT2D eigenvalue weighted by Gasteiger charge is 2.10. The second kappa shape index (κ2) is 8.77. The largest absolute Gasteiger partial charge is 0.465 e. The van der Waals surface area contributed by atoms with Gasteiger partial charge in [0.2, 0.25) is 5.95 Å². The molecule has 1 aromatic heterocycles. The summed E-state index contributed by atoms with van der Waals surface area (Å²) >= 11 is 0. The van der Waals surface area contributed by atoms with Gasteiger partial charge in [-0.3, -0.25) is 4.79 Å². The molecular formula is C21H20N4O3. The van der Waals surface area contributed by atoms with Crippen molar-refractivity contribution in [3.05, 3.63) is 83.2 Å². The van der Waals surface area contributed by atoms with Gasteiger partial charge in [-0.25, -0.2) is 14.8 Å². The highest BCUT2D eigenvalue weighted by molar-refractivity contribution is 6.04. The van der Waals surface area contributed by atoms with Gasteiger partial charge in [0.15, 0.2) is 0 Å². The number of aromatic nitrogens is 2. The van der Waals surface area contributed by atoms with Crippen LogP contribution in [-0.4, -0.2) is 29.0 Å². The molecule has 7 heteroatoms. The summed E-state index contributed by atoms with van der Waals surface area (Å²) in [7, 11) is 1.31. The van der Waals surface area contributed by atoms with E-state index in [0.717, 1.165) is 5.56 Å². The zero-order valence-electron chi connectivity index (χ0n) is 15.6. The Bertz CT molecular complexity index is 987. The number of aryl methyl sites for hydroxylation is 1. The molecule has 3 rings (SSSR count). The van der Waals surface area contributed by atoms with E-state index in [1.54, 1.807) is 24.3 Å². The molecule has 0 spiro atoms. The molecule has 142 valence electrons. The van der Waals surface area contributed by atoms with Gasteiger partial charge < -0.3 is 15.4 Å². The number of anilines is 2. The number of carbonyl (C=O) groups excluding carboxylic acids is 2. The molecule has 2 N–H and O–H groups in total. The molecule has 28 heavy (non-hydrogen) atoms. The molecule has 0 radical (unpaired) electrons. The molecule has 0 aliphatic carbocycles. The van der Waals surface area contributed by atoms with Crippen LogP contribution in [0.1, 0.15) is 31.8 Å². The molecule has 0 saturated heterocycles. The number of amides is 1. The molecule has 0 saturated carbocycles. The number of hydrogen-bond acceptors (Lipinski definition) is 6. The molecule has 0 fully saturated rings. The summed E-state index contributed by atoms with van der Waals surface area (Å²) in [5.41, 5.74) is 3.45. The second-order valence-electron chi connectivity index (χ2n) is 6.16. The molecule has 1 amide bonds. The number of hydrogen-bond donors (Lipinski definition) is 2. The van der Waals surface area contributed by atoms with E-state index in [-0.39, 0.29) is 5.91 Å². The van der Waals surface area contributed by atoms with E-state index in [1.807, 2.05) is 25.1 Å². The minimum absolute atomic E-state index is 0.310. The second-order valence-corrected chi connectivity index (χ2v) is 6.16. The van der Waals surface area contributed by atoms with E-state index in [9.17, 15) is 9.59 Å². The van der Waals surface area contributed by atoms with E-state index in [1.165, 1.54) is 25.1 Å². The first-order valence-electron chi connectivity index (χ1n) is 8.66. The fourth-order valence-electron chi connectivity index (χ4n) is 2.58. The van der Waals surface area contributed by atoms with E-state index in [0.29, 0.717) is 29.3 Å². The van der Waals surface area contributed by atoms with Crippen LogP contribution in [0.3, 0.4) is 0 Å². The van der Waals surface area contributed by atoms with Crippen LogP contribution in [0.25, 0.3) is 0 Å². The molecule has 0 aliphatic heterocycles. The van der Waals surface area contributed by atoms with E-state index >= 15 is 0 Å². The maximum atomic E-state index is 12.4. The Balaban J connectivity index is 1.61. The number of benzene rings is 2. The van der Waals surface area contributed by atoms with Gasteiger partial charge in [0.1, 0.15) is 0 Å². The lowest BCUT2D eigenvalue weighted by Gasteiger charge is -2.08. The lowest BCUT2D eigenvalue weighted by molar-refractivity contribution is 0.0600. The number of ether oxygens (including phenoxy) is 1. The third kappa shape index (κ3) is 4.91. The minimum atomic E-state index is -0.469. The molecule has 1 heterocycles. The first kappa shape index (κ1) is 19.0. The van der Waals surface area contributed by atoms with Gasteiger partial charge in [-0.15, -0.1) is 0 Å². The van der Waals surface area contributed by atoms with Crippen molar-refractivity contribution in [2.75, 3.05) is 17.7 Å². The van der Waals surface area contributed by atoms with Crippen molar-refractivity contribution in [3.8, 4) is 0 Å². The number of nitrogens with zero attached hydrogens (tertiary/aromatic N) is 2. The summed E-state index contributed by atoms with van der Waals surface area (Å²) in [6, 6.07) is 14.6. The third-order valence-electron chi connectivity index (χ3n) is 3.99. The first-order valence-corrected chi connectivity index (χ1v) is 8.66. The third-order valence-corrected chi connectivity index (χ3v) is 3.99. The van der Waals surface area contributed by atoms with Crippen LogP contribution in [0.5, 0.6) is 0 Å². The van der Waals surface area contributed by atoms with Crippen LogP contribution in [0.2, 0.25) is 0 Å². The summed E-state index contributed by atoms with van der Waals surface area (Å²) in [6.07, 6.45) is 2.90. The summed E-state index contributed by atoms with van der Waals surface area (Å²) in [4.78, 5) is 32.3. The molecule has 7 nitrogen and oxygen atoms in total. The van der Waals surface area contributed by atoms with E-state index in [2.05, 4.69) is 31.4 Å². The van der Waals surface area contributed by atoms with Gasteiger partial charge in [0.05, 0.1) is 18.2 Å². The Labute approximate surface area is 162 Å². The number of methoxy groups -OCH3 is 1. The summed E-state index contributed by atoms with van der Waals surface area (Å²) < 4.78 is 4.68. The molecular weight excluding hydrogens is 356 g/mol. The van der Waals surface area contributed by atoms with Crippen LogP contribution in [0.4, 0.5) is 11.6 Å². The zero-order valence-corrected chi connectivity index (χ0v) is 15.6. The van der Waals surface area contributed by atoms with Gasteiger partial charge in [-0.1, -0.05) is 35.9 Å². The maximum absolute atomic E-state index is 12.4. The highest BCUT2D eigenvalue weighted by Crippen LogP contribution is 2.13. The SMILES string of the molecule is COC(=O)c1cccc(NC(=O)c2cnc(NCc3cccc(C)c3)nc2)c1. The molecule has 0 bridgehead atoms. The lowest BCUT2D eigenvalue weighted by Crippen LogP contribution is -2.14. The average molecular weight is 376 g/mol. The smallest absolute Gasteiger partial charge is 0.337 e. The topological polar surface area (TPSA) is 93.2 Å². The van der Waals surface area contributed by atoms with Gasteiger partial charge in [0.25, 0.3) is 5.91 Å². The zero-order chi connectivity index (χ0) is 19.9. The Kier molecular flexibility index (Phi) is 5.96. The van der Waals surface area contributed by atoms with Gasteiger partial charge in [-0.2, -0.15) is 0 Å². The first-order chi connectivity index (χ1) is 13.5. The lowest BCUT2D eigenvalue weighted by atomic mass is 10.1. The highest BCUT2D eigenvalue weighted by atomic mass is 16.5. The fraction of sp³-hybridized carbons (Fsp3) is 0.143. The Hall–Kier alpha value is -3.74. The quantitative estimate of drug-likeness (QED) is 0.640. The molecule has 2 aromatic carbocycles. The normalized spacial score (nSPS) is 10.2. The monoisotopic (exact) mass is 376 g/mol. The Morgan fingerprint density at radius 3 is 2.46 bits per heavy atom. The van der Waals surface area contributed by atoms with Gasteiger partial charge >= 0.3 is 5.97 Å². The predicted molar refractivity (Wildman–Crippen MR) is 106 cm³/mol. The van der Waals surface area contributed by atoms with Crippen molar-refractivity contribution >= 4 is 23.5 Å². The van der Waals surface area contributed by atoms with Crippen LogP contribution in [0.15, 0.2) is 60.9 Å². The maximum Gasteiger partial charge on any atom is 0.337 e. The van der Waals surface area contributed by atoms with Crippen LogP contribution >= 0.6 is 0 Å². The Morgan fingerprint density at radius 1 is 1.00 bits per heavy atom.